The molecule has 20 heavy (non-hydrogen) atoms. The van der Waals surface area contributed by atoms with Gasteiger partial charge in [-0.05, 0) is 30.5 Å². The van der Waals surface area contributed by atoms with Gasteiger partial charge in [0.05, 0.1) is 7.11 Å². The lowest BCUT2D eigenvalue weighted by molar-refractivity contribution is -0.118. The largest absolute Gasteiger partial charge is 0.497 e. The molecule has 2 aromatic rings. The summed E-state index contributed by atoms with van der Waals surface area (Å²) in [7, 11) is 1.59. The van der Waals surface area contributed by atoms with E-state index in [1.165, 1.54) is 23.1 Å². The molecule has 0 aliphatic carbocycles. The molecule has 8 heteroatoms. The molecule has 0 saturated heterocycles. The second kappa shape index (κ2) is 7.11. The maximum absolute atomic E-state index is 11.7. The normalized spacial score (nSPS) is 10.1. The molecule has 1 heterocycles. The van der Waals surface area contributed by atoms with Gasteiger partial charge in [0.15, 0.2) is 10.9 Å². The first kappa shape index (κ1) is 14.6. The Morgan fingerprint density at radius 3 is 2.60 bits per heavy atom. The van der Waals surface area contributed by atoms with Gasteiger partial charge in [-0.2, -0.15) is 0 Å². The number of carbonyl (C=O) groups is 1. The molecule has 106 valence electrons. The zero-order valence-electron chi connectivity index (χ0n) is 11.0. The van der Waals surface area contributed by atoms with Crippen LogP contribution in [0.5, 0.6) is 11.5 Å². The zero-order valence-corrected chi connectivity index (χ0v) is 12.6. The monoisotopic (exact) mass is 311 g/mol. The van der Waals surface area contributed by atoms with Crippen LogP contribution in [0.3, 0.4) is 0 Å². The highest BCUT2D eigenvalue weighted by atomic mass is 32.2. The Bertz CT molecular complexity index is 572. The van der Waals surface area contributed by atoms with E-state index in [0.29, 0.717) is 10.9 Å². The standard InChI is InChI=1S/C12H13N3O3S2/c1-17-8-3-5-9(6-4-8)18-7-10(16)13-11-14-15-12(19-2)20-11/h3-6H,7H2,1-2H3,(H,13,14,16). The van der Waals surface area contributed by atoms with Gasteiger partial charge in [0.25, 0.3) is 5.91 Å². The van der Waals surface area contributed by atoms with Crippen LogP contribution in [0.2, 0.25) is 0 Å². The van der Waals surface area contributed by atoms with Crippen LogP contribution in [0.15, 0.2) is 28.6 Å². The van der Waals surface area contributed by atoms with E-state index in [0.717, 1.165) is 10.1 Å². The third kappa shape index (κ3) is 4.10. The Balaban J connectivity index is 1.82. The summed E-state index contributed by atoms with van der Waals surface area (Å²) in [6.45, 7) is -0.0828. The second-order valence-corrected chi connectivity index (χ2v) is 5.62. The van der Waals surface area contributed by atoms with Crippen molar-refractivity contribution in [2.24, 2.45) is 0 Å². The van der Waals surface area contributed by atoms with Crippen molar-refractivity contribution in [1.29, 1.82) is 0 Å². The highest BCUT2D eigenvalue weighted by Crippen LogP contribution is 2.23. The fraction of sp³-hybridized carbons (Fsp3) is 0.250. The van der Waals surface area contributed by atoms with Crippen molar-refractivity contribution in [1.82, 2.24) is 10.2 Å². The Kier molecular flexibility index (Phi) is 5.19. The molecule has 0 aliphatic heterocycles. The Morgan fingerprint density at radius 1 is 1.30 bits per heavy atom. The average Bonchev–Trinajstić information content (AvgIpc) is 2.93. The van der Waals surface area contributed by atoms with E-state index in [9.17, 15) is 4.79 Å². The van der Waals surface area contributed by atoms with E-state index < -0.39 is 0 Å². The number of hydrogen-bond acceptors (Lipinski definition) is 7. The number of ether oxygens (including phenoxy) is 2. The molecule has 0 bridgehead atoms. The number of nitrogens with zero attached hydrogens (tertiary/aromatic N) is 2. The van der Waals surface area contributed by atoms with E-state index in [1.807, 2.05) is 6.26 Å². The fourth-order valence-corrected chi connectivity index (χ4v) is 2.51. The minimum atomic E-state index is -0.273. The van der Waals surface area contributed by atoms with Crippen molar-refractivity contribution >= 4 is 34.1 Å². The number of carbonyl (C=O) groups excluding carboxylic acids is 1. The molecule has 0 spiro atoms. The van der Waals surface area contributed by atoms with Crippen molar-refractivity contribution in [2.45, 2.75) is 4.34 Å². The fourth-order valence-electron chi connectivity index (χ4n) is 1.32. The molecule has 6 nitrogen and oxygen atoms in total. The first-order chi connectivity index (χ1) is 9.71. The number of anilines is 1. The summed E-state index contributed by atoms with van der Waals surface area (Å²) in [4.78, 5) is 11.7. The van der Waals surface area contributed by atoms with Crippen LogP contribution in [0.1, 0.15) is 0 Å². The topological polar surface area (TPSA) is 73.3 Å². The summed E-state index contributed by atoms with van der Waals surface area (Å²) in [5.41, 5.74) is 0. The van der Waals surface area contributed by atoms with Crippen molar-refractivity contribution < 1.29 is 14.3 Å². The third-order valence-corrected chi connectivity index (χ3v) is 4.07. The molecule has 1 amide bonds. The second-order valence-electron chi connectivity index (χ2n) is 3.59. The Labute approximate surface area is 124 Å². The van der Waals surface area contributed by atoms with Gasteiger partial charge in [-0.1, -0.05) is 23.1 Å². The molecule has 1 aromatic heterocycles. The molecule has 1 aromatic carbocycles. The quantitative estimate of drug-likeness (QED) is 0.652. The molecule has 0 radical (unpaired) electrons. The van der Waals surface area contributed by atoms with Gasteiger partial charge in [0.1, 0.15) is 11.5 Å². The lowest BCUT2D eigenvalue weighted by Gasteiger charge is -2.06. The summed E-state index contributed by atoms with van der Waals surface area (Å²) >= 11 is 2.81. The van der Waals surface area contributed by atoms with E-state index in [-0.39, 0.29) is 12.5 Å². The predicted molar refractivity (Wildman–Crippen MR) is 78.8 cm³/mol. The molecule has 0 saturated carbocycles. The first-order valence-electron chi connectivity index (χ1n) is 5.65. The number of benzene rings is 1. The SMILES string of the molecule is COc1ccc(OCC(=O)Nc2nnc(SC)s2)cc1. The summed E-state index contributed by atoms with van der Waals surface area (Å²) in [5, 5.41) is 10.8. The van der Waals surface area contributed by atoms with Crippen LogP contribution >= 0.6 is 23.1 Å². The molecule has 0 unspecified atom stereocenters. The zero-order chi connectivity index (χ0) is 14.4. The predicted octanol–water partition coefficient (Wildman–Crippen LogP) is 2.29. The van der Waals surface area contributed by atoms with Crippen LogP contribution in [0.4, 0.5) is 5.13 Å². The number of amides is 1. The lowest BCUT2D eigenvalue weighted by atomic mass is 10.3. The number of rotatable bonds is 6. The van der Waals surface area contributed by atoms with Crippen molar-refractivity contribution in [3.8, 4) is 11.5 Å². The molecule has 1 N–H and O–H groups in total. The lowest BCUT2D eigenvalue weighted by Crippen LogP contribution is -2.20. The molecule has 0 aliphatic rings. The summed E-state index contributed by atoms with van der Waals surface area (Å²) in [6, 6.07) is 7.01. The van der Waals surface area contributed by atoms with Crippen molar-refractivity contribution in [2.75, 3.05) is 25.3 Å². The Hall–Kier alpha value is -1.80. The van der Waals surface area contributed by atoms with Crippen LogP contribution in [0.25, 0.3) is 0 Å². The van der Waals surface area contributed by atoms with Gasteiger partial charge < -0.3 is 9.47 Å². The Morgan fingerprint density at radius 2 is 2.00 bits per heavy atom. The third-order valence-electron chi connectivity index (χ3n) is 2.26. The molecule has 2 rings (SSSR count). The average molecular weight is 311 g/mol. The van der Waals surface area contributed by atoms with Crippen LogP contribution in [-0.2, 0) is 4.79 Å². The van der Waals surface area contributed by atoms with Gasteiger partial charge in [-0.15, -0.1) is 10.2 Å². The maximum Gasteiger partial charge on any atom is 0.264 e. The van der Waals surface area contributed by atoms with Gasteiger partial charge in [-0.25, -0.2) is 0 Å². The van der Waals surface area contributed by atoms with Gasteiger partial charge in [0, 0.05) is 0 Å². The van der Waals surface area contributed by atoms with E-state index >= 15 is 0 Å². The number of thioether (sulfide) groups is 1. The van der Waals surface area contributed by atoms with E-state index in [1.54, 1.807) is 31.4 Å². The van der Waals surface area contributed by atoms with Crippen LogP contribution in [-0.4, -0.2) is 36.1 Å². The summed E-state index contributed by atoms with van der Waals surface area (Å²) < 4.78 is 11.2. The van der Waals surface area contributed by atoms with Crippen LogP contribution in [0, 0.1) is 0 Å². The van der Waals surface area contributed by atoms with Crippen molar-refractivity contribution in [3.63, 3.8) is 0 Å². The summed E-state index contributed by atoms with van der Waals surface area (Å²) in [5.74, 6) is 1.06. The van der Waals surface area contributed by atoms with E-state index in [4.69, 9.17) is 9.47 Å². The van der Waals surface area contributed by atoms with Gasteiger partial charge in [0.2, 0.25) is 5.13 Å². The number of methoxy groups -OCH3 is 1. The number of nitrogens with one attached hydrogen (secondary N) is 1. The summed E-state index contributed by atoms with van der Waals surface area (Å²) in [6.07, 6.45) is 1.90. The van der Waals surface area contributed by atoms with Crippen LogP contribution < -0.4 is 14.8 Å². The first-order valence-corrected chi connectivity index (χ1v) is 7.69. The number of aromatic nitrogens is 2. The maximum atomic E-state index is 11.7. The van der Waals surface area contributed by atoms with E-state index in [2.05, 4.69) is 15.5 Å². The van der Waals surface area contributed by atoms with Gasteiger partial charge in [-0.3, -0.25) is 10.1 Å². The minimum Gasteiger partial charge on any atom is -0.497 e. The minimum absolute atomic E-state index is 0.0828. The molecular formula is C12H13N3O3S2. The smallest absolute Gasteiger partial charge is 0.264 e. The highest BCUT2D eigenvalue weighted by Gasteiger charge is 2.08. The molecule has 0 atom stereocenters. The molecular weight excluding hydrogens is 298 g/mol. The molecule has 0 fully saturated rings. The number of hydrogen-bond donors (Lipinski definition) is 1. The van der Waals surface area contributed by atoms with Gasteiger partial charge >= 0.3 is 0 Å². The highest BCUT2D eigenvalue weighted by molar-refractivity contribution is 8.00. The van der Waals surface area contributed by atoms with Crippen molar-refractivity contribution in [3.05, 3.63) is 24.3 Å².